The summed E-state index contributed by atoms with van der Waals surface area (Å²) in [5, 5.41) is 12.7. The average Bonchev–Trinajstić information content (AvgIpc) is 3.12. The Hall–Kier alpha value is -1.08. The fourth-order valence-electron chi connectivity index (χ4n) is 6.42. The van der Waals surface area contributed by atoms with Crippen molar-refractivity contribution in [2.75, 3.05) is 13.1 Å². The number of nitrogens with one attached hydrogen (secondary N) is 1. The van der Waals surface area contributed by atoms with Crippen LogP contribution in [0.3, 0.4) is 0 Å². The molecule has 1 aliphatic heterocycles. The van der Waals surface area contributed by atoms with Gasteiger partial charge in [-0.25, -0.2) is 0 Å². The number of carbonyl (C=O) groups excluding carboxylic acids is 1. The van der Waals surface area contributed by atoms with Crippen molar-refractivity contribution in [3.05, 3.63) is 0 Å². The molecule has 4 heteroatoms. The molecule has 0 radical (unpaired) electrons. The van der Waals surface area contributed by atoms with Gasteiger partial charge in [0.05, 0.1) is 12.6 Å². The van der Waals surface area contributed by atoms with Crippen LogP contribution in [0.25, 0.3) is 0 Å². The minimum absolute atomic E-state index is 0.127. The Morgan fingerprint density at radius 2 is 2.26 bits per heavy atom. The lowest BCUT2D eigenvalue weighted by molar-refractivity contribution is -0.130. The molecule has 1 saturated heterocycles. The first-order valence-electron chi connectivity index (χ1n) is 9.60. The smallest absolute Gasteiger partial charge is 0.237 e. The molecule has 1 spiro atoms. The second-order valence-electron chi connectivity index (χ2n) is 8.37. The zero-order valence-corrected chi connectivity index (χ0v) is 14.3. The molecule has 1 heterocycles. The van der Waals surface area contributed by atoms with Crippen LogP contribution in [0.15, 0.2) is 0 Å². The van der Waals surface area contributed by atoms with Crippen molar-refractivity contribution in [2.45, 2.75) is 70.4 Å². The van der Waals surface area contributed by atoms with Crippen LogP contribution in [-0.2, 0) is 4.79 Å². The predicted octanol–water partition coefficient (Wildman–Crippen LogP) is 2.70. The lowest BCUT2D eigenvalue weighted by atomic mass is 9.51. The van der Waals surface area contributed by atoms with E-state index in [9.17, 15) is 4.79 Å². The predicted molar refractivity (Wildman–Crippen MR) is 88.4 cm³/mol. The number of carbonyl (C=O) groups is 1. The highest BCUT2D eigenvalue weighted by atomic mass is 16.2. The molecule has 4 nitrogen and oxygen atoms in total. The van der Waals surface area contributed by atoms with Crippen molar-refractivity contribution >= 4 is 5.91 Å². The van der Waals surface area contributed by atoms with E-state index >= 15 is 0 Å². The number of nitriles is 1. The third-order valence-electron chi connectivity index (χ3n) is 7.64. The number of nitrogens with zero attached hydrogens (tertiary/aromatic N) is 2. The molecule has 0 aromatic rings. The largest absolute Gasteiger partial charge is 0.326 e. The van der Waals surface area contributed by atoms with Crippen LogP contribution in [0.2, 0.25) is 0 Å². The van der Waals surface area contributed by atoms with Crippen molar-refractivity contribution < 1.29 is 4.79 Å². The van der Waals surface area contributed by atoms with Gasteiger partial charge in [0, 0.05) is 12.6 Å². The van der Waals surface area contributed by atoms with Gasteiger partial charge in [-0.2, -0.15) is 5.26 Å². The van der Waals surface area contributed by atoms with E-state index in [4.69, 9.17) is 5.26 Å². The van der Waals surface area contributed by atoms with Gasteiger partial charge in [0.2, 0.25) is 5.91 Å². The minimum Gasteiger partial charge on any atom is -0.326 e. The van der Waals surface area contributed by atoms with Crippen molar-refractivity contribution in [3.63, 3.8) is 0 Å². The standard InChI is InChI=1S/C19H29N3O/c1-2-14-9-15-8-13-10-19(14,15)6-5-17(13)21-12-18(23)22-7-3-4-16(22)11-20/h13-17,21H,2-10,12H2,1H3/t13?,14?,15?,16-,17?,19?/m0/s1. The Bertz CT molecular complexity index is 527. The molecule has 3 aliphatic carbocycles. The minimum atomic E-state index is -0.188. The topological polar surface area (TPSA) is 56.1 Å². The van der Waals surface area contributed by atoms with Gasteiger partial charge in [-0.15, -0.1) is 0 Å². The molecule has 0 aromatic carbocycles. The van der Waals surface area contributed by atoms with Crippen LogP contribution >= 0.6 is 0 Å². The first-order valence-corrected chi connectivity index (χ1v) is 9.60. The molecular weight excluding hydrogens is 286 g/mol. The van der Waals surface area contributed by atoms with Crippen LogP contribution in [0.4, 0.5) is 0 Å². The van der Waals surface area contributed by atoms with Crippen LogP contribution in [0.5, 0.6) is 0 Å². The molecule has 4 rings (SSSR count). The highest BCUT2D eigenvalue weighted by Gasteiger charge is 2.61. The fraction of sp³-hybridized carbons (Fsp3) is 0.895. The van der Waals surface area contributed by atoms with Crippen molar-refractivity contribution in [1.82, 2.24) is 10.2 Å². The first-order chi connectivity index (χ1) is 11.2. The van der Waals surface area contributed by atoms with E-state index in [1.54, 1.807) is 4.90 Å². The molecule has 0 aromatic heterocycles. The van der Waals surface area contributed by atoms with Crippen LogP contribution < -0.4 is 5.32 Å². The molecule has 23 heavy (non-hydrogen) atoms. The monoisotopic (exact) mass is 315 g/mol. The number of hydrogen-bond donors (Lipinski definition) is 1. The molecule has 1 N–H and O–H groups in total. The van der Waals surface area contributed by atoms with Crippen LogP contribution in [0, 0.1) is 34.5 Å². The molecule has 126 valence electrons. The van der Waals surface area contributed by atoms with Crippen molar-refractivity contribution in [1.29, 1.82) is 5.26 Å². The summed E-state index contributed by atoms with van der Waals surface area (Å²) in [5.41, 5.74) is 0.683. The molecular formula is C19H29N3O. The van der Waals surface area contributed by atoms with Gasteiger partial charge in [0.15, 0.2) is 0 Å². The Morgan fingerprint density at radius 1 is 1.39 bits per heavy atom. The van der Waals surface area contributed by atoms with Crippen LogP contribution in [-0.4, -0.2) is 36.0 Å². The first kappa shape index (κ1) is 15.4. The summed E-state index contributed by atoms with van der Waals surface area (Å²) in [6, 6.07) is 2.60. The highest BCUT2D eigenvalue weighted by Crippen LogP contribution is 2.69. The maximum atomic E-state index is 12.4. The molecule has 4 aliphatic rings. The lowest BCUT2D eigenvalue weighted by Gasteiger charge is -2.54. The zero-order valence-electron chi connectivity index (χ0n) is 14.3. The zero-order chi connectivity index (χ0) is 16.0. The molecule has 2 bridgehead atoms. The van der Waals surface area contributed by atoms with E-state index in [1.165, 1.54) is 38.5 Å². The van der Waals surface area contributed by atoms with E-state index in [1.807, 2.05) is 0 Å². The van der Waals surface area contributed by atoms with Gasteiger partial charge < -0.3 is 10.2 Å². The van der Waals surface area contributed by atoms with Crippen molar-refractivity contribution in [2.24, 2.45) is 23.2 Å². The van der Waals surface area contributed by atoms with Gasteiger partial charge >= 0.3 is 0 Å². The van der Waals surface area contributed by atoms with Gasteiger partial charge in [0.25, 0.3) is 0 Å². The summed E-state index contributed by atoms with van der Waals surface area (Å²) in [6.07, 6.45) is 10.0. The van der Waals surface area contributed by atoms with E-state index in [0.717, 1.165) is 37.1 Å². The maximum absolute atomic E-state index is 12.4. The lowest BCUT2D eigenvalue weighted by Crippen LogP contribution is -2.50. The number of fused-ring (bicyclic) bond motifs is 1. The Balaban J connectivity index is 1.32. The Kier molecular flexibility index (Phi) is 3.88. The molecule has 1 amide bonds. The Morgan fingerprint density at radius 3 is 3.04 bits per heavy atom. The third kappa shape index (κ3) is 2.31. The van der Waals surface area contributed by atoms with E-state index < -0.39 is 0 Å². The molecule has 5 unspecified atom stereocenters. The average molecular weight is 315 g/mol. The van der Waals surface area contributed by atoms with Crippen LogP contribution in [0.1, 0.15) is 58.3 Å². The second-order valence-corrected chi connectivity index (χ2v) is 8.37. The normalized spacial score (nSPS) is 44.5. The van der Waals surface area contributed by atoms with Crippen molar-refractivity contribution in [3.8, 4) is 6.07 Å². The van der Waals surface area contributed by atoms with Gasteiger partial charge in [-0.05, 0) is 68.1 Å². The summed E-state index contributed by atoms with van der Waals surface area (Å²) in [5.74, 6) is 2.85. The number of amides is 1. The highest BCUT2D eigenvalue weighted by molar-refractivity contribution is 5.79. The molecule has 4 fully saturated rings. The van der Waals surface area contributed by atoms with Gasteiger partial charge in [-0.1, -0.05) is 13.3 Å². The summed E-state index contributed by atoms with van der Waals surface area (Å²) in [4.78, 5) is 14.2. The Labute approximate surface area is 139 Å². The van der Waals surface area contributed by atoms with Gasteiger partial charge in [-0.3, -0.25) is 4.79 Å². The van der Waals surface area contributed by atoms with E-state index in [-0.39, 0.29) is 11.9 Å². The summed E-state index contributed by atoms with van der Waals surface area (Å²) in [7, 11) is 0. The number of rotatable bonds is 4. The summed E-state index contributed by atoms with van der Waals surface area (Å²) in [6.45, 7) is 3.54. The third-order valence-corrected chi connectivity index (χ3v) is 7.64. The molecule has 3 saturated carbocycles. The summed E-state index contributed by atoms with van der Waals surface area (Å²) >= 11 is 0. The fourth-order valence-corrected chi connectivity index (χ4v) is 6.42. The van der Waals surface area contributed by atoms with Gasteiger partial charge in [0.1, 0.15) is 6.04 Å². The van der Waals surface area contributed by atoms with E-state index in [0.29, 0.717) is 18.0 Å². The second kappa shape index (κ2) is 5.77. The number of likely N-dealkylation sites (tertiary alicyclic amines) is 1. The van der Waals surface area contributed by atoms with E-state index in [2.05, 4.69) is 18.3 Å². The molecule has 6 atom stereocenters. The maximum Gasteiger partial charge on any atom is 0.237 e. The SMILES string of the molecule is CCC1CC2CC3CC12CCC3NCC(=O)N1CCC[C@H]1C#N. The number of hydrogen-bond acceptors (Lipinski definition) is 3. The quantitative estimate of drug-likeness (QED) is 0.868. The summed E-state index contributed by atoms with van der Waals surface area (Å²) < 4.78 is 0.